The molecule has 6 nitrogen and oxygen atoms in total. The zero-order valence-electron chi connectivity index (χ0n) is 10.3. The van der Waals surface area contributed by atoms with Crippen molar-refractivity contribution < 1.29 is 10.2 Å². The highest BCUT2D eigenvalue weighted by Gasteiger charge is 2.41. The molecule has 3 N–H and O–H groups in total. The van der Waals surface area contributed by atoms with Gasteiger partial charge in [0.1, 0.15) is 0 Å². The maximum Gasteiger partial charge on any atom is 0.328 e. The Bertz CT molecular complexity index is 630. The number of aromatic amines is 1. The monoisotopic (exact) mass is 264 g/mol. The Kier molecular flexibility index (Phi) is 2.91. The summed E-state index contributed by atoms with van der Waals surface area (Å²) in [6, 6.07) is 1.08. The zero-order chi connectivity index (χ0) is 13.6. The first-order chi connectivity index (χ1) is 9.06. The van der Waals surface area contributed by atoms with E-state index in [0.29, 0.717) is 19.3 Å². The van der Waals surface area contributed by atoms with Gasteiger partial charge in [0.15, 0.2) is 0 Å². The number of aliphatic hydroxyl groups is 2. The molecule has 0 saturated heterocycles. The fraction of sp³-hybridized carbons (Fsp3) is 0.538. The molecule has 0 unspecified atom stereocenters. The summed E-state index contributed by atoms with van der Waals surface area (Å²) in [5, 5.41) is 19.7. The minimum atomic E-state index is -0.551. The molecule has 0 aliphatic heterocycles. The Morgan fingerprint density at radius 3 is 2.79 bits per heavy atom. The first kappa shape index (κ1) is 12.4. The van der Waals surface area contributed by atoms with Gasteiger partial charge in [-0.25, -0.2) is 4.79 Å². The van der Waals surface area contributed by atoms with E-state index in [-0.39, 0.29) is 12.0 Å². The number of hydrogen-bond donors (Lipinski definition) is 3. The molecule has 2 aliphatic carbocycles. The second kappa shape index (κ2) is 4.47. The molecule has 1 saturated carbocycles. The summed E-state index contributed by atoms with van der Waals surface area (Å²) < 4.78 is 1.45. The van der Waals surface area contributed by atoms with Gasteiger partial charge in [-0.3, -0.25) is 14.3 Å². The molecular weight excluding hydrogens is 248 g/mol. The van der Waals surface area contributed by atoms with E-state index in [1.54, 1.807) is 0 Å². The second-order valence-electron chi connectivity index (χ2n) is 5.27. The van der Waals surface area contributed by atoms with E-state index in [2.05, 4.69) is 4.98 Å². The number of aliphatic hydroxyl groups excluding tert-OH is 2. The Hall–Kier alpha value is -1.66. The van der Waals surface area contributed by atoms with Gasteiger partial charge in [0.05, 0.1) is 18.2 Å². The molecule has 2 aliphatic rings. The summed E-state index contributed by atoms with van der Waals surface area (Å²) in [4.78, 5) is 25.1. The van der Waals surface area contributed by atoms with Gasteiger partial charge in [-0.05, 0) is 24.8 Å². The Labute approximate surface area is 109 Å². The molecule has 1 aromatic heterocycles. The van der Waals surface area contributed by atoms with Gasteiger partial charge in [0.2, 0.25) is 0 Å². The van der Waals surface area contributed by atoms with E-state index < -0.39 is 23.5 Å². The molecule has 1 fully saturated rings. The maximum atomic E-state index is 11.8. The van der Waals surface area contributed by atoms with Gasteiger partial charge in [-0.15, -0.1) is 0 Å². The van der Waals surface area contributed by atoms with Crippen LogP contribution < -0.4 is 11.2 Å². The lowest BCUT2D eigenvalue weighted by Crippen LogP contribution is -2.32. The van der Waals surface area contributed by atoms with Crippen LogP contribution in [0.5, 0.6) is 0 Å². The number of rotatable bonds is 1. The summed E-state index contributed by atoms with van der Waals surface area (Å²) in [6.45, 7) is 0. The van der Waals surface area contributed by atoms with Crippen LogP contribution in [0.2, 0.25) is 0 Å². The van der Waals surface area contributed by atoms with Crippen LogP contribution in [0.4, 0.5) is 0 Å². The van der Waals surface area contributed by atoms with E-state index in [1.165, 1.54) is 16.8 Å². The topological polar surface area (TPSA) is 95.3 Å². The summed E-state index contributed by atoms with van der Waals surface area (Å²) in [5.41, 5.74) is 0.105. The summed E-state index contributed by atoms with van der Waals surface area (Å²) in [6.07, 6.45) is 3.92. The molecular formula is C13H16N2O4. The summed E-state index contributed by atoms with van der Waals surface area (Å²) in [7, 11) is 0. The number of hydrogen-bond acceptors (Lipinski definition) is 4. The van der Waals surface area contributed by atoms with Crippen LogP contribution in [0.1, 0.15) is 25.3 Å². The van der Waals surface area contributed by atoms with Crippen molar-refractivity contribution >= 4 is 0 Å². The number of nitrogens with zero attached hydrogens (tertiary/aromatic N) is 1. The van der Waals surface area contributed by atoms with Crippen molar-refractivity contribution in [3.05, 3.63) is 44.8 Å². The lowest BCUT2D eigenvalue weighted by molar-refractivity contribution is 0.0844. The van der Waals surface area contributed by atoms with Crippen molar-refractivity contribution in [1.82, 2.24) is 9.55 Å². The predicted molar refractivity (Wildman–Crippen MR) is 67.8 cm³/mol. The van der Waals surface area contributed by atoms with Crippen molar-refractivity contribution in [2.75, 3.05) is 0 Å². The fourth-order valence-electron chi connectivity index (χ4n) is 3.19. The molecule has 0 bridgehead atoms. The fourth-order valence-corrected chi connectivity index (χ4v) is 3.19. The molecule has 0 radical (unpaired) electrons. The van der Waals surface area contributed by atoms with E-state index in [0.717, 1.165) is 5.57 Å². The van der Waals surface area contributed by atoms with Gasteiger partial charge in [-0.1, -0.05) is 6.08 Å². The van der Waals surface area contributed by atoms with Crippen LogP contribution in [0.25, 0.3) is 0 Å². The van der Waals surface area contributed by atoms with Gasteiger partial charge in [0.25, 0.3) is 5.56 Å². The van der Waals surface area contributed by atoms with Gasteiger partial charge >= 0.3 is 5.69 Å². The highest BCUT2D eigenvalue weighted by atomic mass is 16.3. The number of fused-ring (bicyclic) bond motifs is 1. The molecule has 3 rings (SSSR count). The van der Waals surface area contributed by atoms with Crippen molar-refractivity contribution in [1.29, 1.82) is 0 Å². The van der Waals surface area contributed by atoms with Crippen molar-refractivity contribution in [2.45, 2.75) is 37.5 Å². The van der Waals surface area contributed by atoms with Crippen molar-refractivity contribution in [3.8, 4) is 0 Å². The number of aromatic nitrogens is 2. The largest absolute Gasteiger partial charge is 0.393 e. The Balaban J connectivity index is 2.02. The van der Waals surface area contributed by atoms with Crippen LogP contribution in [0.3, 0.4) is 0 Å². The highest BCUT2D eigenvalue weighted by molar-refractivity contribution is 5.24. The standard InChI is InChI=1S/C13H16N2O4/c16-7-1-2-8-9(5-7)11(17)6-10(8)15-4-3-12(18)14-13(15)19/h2-4,7,9-11,16-17H,1,5-6H2,(H,14,18,19)/t7-,9+,10+,11+/m1/s1. The average molecular weight is 264 g/mol. The van der Waals surface area contributed by atoms with Crippen molar-refractivity contribution in [2.24, 2.45) is 5.92 Å². The first-order valence-corrected chi connectivity index (χ1v) is 6.44. The predicted octanol–water partition coefficient (Wildman–Crippen LogP) is -0.460. The molecule has 0 aromatic carbocycles. The molecule has 1 heterocycles. The molecule has 102 valence electrons. The third kappa shape index (κ3) is 2.06. The lowest BCUT2D eigenvalue weighted by atomic mass is 9.86. The van der Waals surface area contributed by atoms with E-state index in [1.807, 2.05) is 6.08 Å². The number of nitrogens with one attached hydrogen (secondary N) is 1. The van der Waals surface area contributed by atoms with Crippen LogP contribution in [-0.4, -0.2) is 32.0 Å². The molecule has 4 atom stereocenters. The van der Waals surface area contributed by atoms with Gasteiger partial charge in [-0.2, -0.15) is 0 Å². The Morgan fingerprint density at radius 1 is 1.26 bits per heavy atom. The van der Waals surface area contributed by atoms with Crippen LogP contribution in [0, 0.1) is 5.92 Å². The minimum absolute atomic E-state index is 0.0902. The third-order valence-corrected chi connectivity index (χ3v) is 4.08. The average Bonchev–Trinajstić information content (AvgIpc) is 2.66. The molecule has 0 spiro atoms. The first-order valence-electron chi connectivity index (χ1n) is 6.44. The normalized spacial score (nSPS) is 33.9. The molecule has 1 aromatic rings. The van der Waals surface area contributed by atoms with Crippen molar-refractivity contribution in [3.63, 3.8) is 0 Å². The highest BCUT2D eigenvalue weighted by Crippen LogP contribution is 2.44. The third-order valence-electron chi connectivity index (χ3n) is 4.08. The zero-order valence-corrected chi connectivity index (χ0v) is 10.3. The van der Waals surface area contributed by atoms with Crippen LogP contribution >= 0.6 is 0 Å². The second-order valence-corrected chi connectivity index (χ2v) is 5.27. The quantitative estimate of drug-likeness (QED) is 0.598. The summed E-state index contributed by atoms with van der Waals surface area (Å²) >= 11 is 0. The minimum Gasteiger partial charge on any atom is -0.393 e. The van der Waals surface area contributed by atoms with Crippen LogP contribution in [0.15, 0.2) is 33.5 Å². The lowest BCUT2D eigenvalue weighted by Gasteiger charge is -2.26. The summed E-state index contributed by atoms with van der Waals surface area (Å²) in [5.74, 6) is -0.0902. The molecule has 0 amide bonds. The SMILES string of the molecule is O=c1ccn([C@H]2C[C@H](O)[C@H]3C[C@H](O)CC=C32)c(=O)[nH]1. The maximum absolute atomic E-state index is 11.8. The molecule has 6 heteroatoms. The van der Waals surface area contributed by atoms with Gasteiger partial charge in [0, 0.05) is 18.2 Å². The Morgan fingerprint density at radius 2 is 2.05 bits per heavy atom. The van der Waals surface area contributed by atoms with E-state index >= 15 is 0 Å². The van der Waals surface area contributed by atoms with E-state index in [9.17, 15) is 19.8 Å². The van der Waals surface area contributed by atoms with Gasteiger partial charge < -0.3 is 10.2 Å². The molecule has 19 heavy (non-hydrogen) atoms. The number of H-pyrrole nitrogens is 1. The smallest absolute Gasteiger partial charge is 0.328 e. The van der Waals surface area contributed by atoms with Crippen LogP contribution in [-0.2, 0) is 0 Å². The van der Waals surface area contributed by atoms with E-state index in [4.69, 9.17) is 0 Å².